The van der Waals surface area contributed by atoms with Crippen molar-refractivity contribution in [3.8, 4) is 0 Å². The molecule has 2 heterocycles. The van der Waals surface area contributed by atoms with Gasteiger partial charge in [-0.15, -0.1) is 0 Å². The lowest BCUT2D eigenvalue weighted by atomic mass is 9.92. The molecule has 0 aromatic heterocycles. The molecule has 1 N–H and O–H groups in total. The van der Waals surface area contributed by atoms with Gasteiger partial charge in [0, 0.05) is 12.5 Å². The standard InChI is InChI=1S/C10H17NO2/c12-10(8-4-6-13-7-8)9-3-1-2-5-11-9/h8-9,11H,1-7H2. The number of Topliss-reactive ketones (excluding diaryl/α,β-unsaturated/α-hetero) is 1. The Morgan fingerprint density at radius 2 is 2.23 bits per heavy atom. The molecule has 74 valence electrons. The Labute approximate surface area is 78.8 Å². The highest BCUT2D eigenvalue weighted by Gasteiger charge is 2.30. The maximum atomic E-state index is 11.9. The van der Waals surface area contributed by atoms with Gasteiger partial charge in [-0.05, 0) is 25.8 Å². The van der Waals surface area contributed by atoms with Crippen molar-refractivity contribution < 1.29 is 9.53 Å². The predicted molar refractivity (Wildman–Crippen MR) is 49.6 cm³/mol. The Morgan fingerprint density at radius 1 is 1.31 bits per heavy atom. The van der Waals surface area contributed by atoms with Crippen LogP contribution in [-0.2, 0) is 9.53 Å². The van der Waals surface area contributed by atoms with Gasteiger partial charge >= 0.3 is 0 Å². The summed E-state index contributed by atoms with van der Waals surface area (Å²) in [4.78, 5) is 11.9. The minimum atomic E-state index is 0.125. The molecule has 0 aromatic rings. The summed E-state index contributed by atoms with van der Waals surface area (Å²) in [5, 5.41) is 3.29. The number of carbonyl (C=O) groups excluding carboxylic acids is 1. The number of rotatable bonds is 2. The molecular weight excluding hydrogens is 166 g/mol. The molecule has 3 nitrogen and oxygen atoms in total. The molecule has 2 fully saturated rings. The third-order valence-corrected chi connectivity index (χ3v) is 2.99. The quantitative estimate of drug-likeness (QED) is 0.686. The van der Waals surface area contributed by atoms with Crippen LogP contribution in [0.3, 0.4) is 0 Å². The molecule has 2 unspecified atom stereocenters. The van der Waals surface area contributed by atoms with Gasteiger partial charge in [0.25, 0.3) is 0 Å². The van der Waals surface area contributed by atoms with Crippen molar-refractivity contribution in [1.82, 2.24) is 5.32 Å². The molecule has 0 aromatic carbocycles. The molecule has 0 aliphatic carbocycles. The van der Waals surface area contributed by atoms with E-state index in [9.17, 15) is 4.79 Å². The molecule has 0 amide bonds. The first-order valence-corrected chi connectivity index (χ1v) is 5.23. The molecule has 3 heteroatoms. The number of hydrogen-bond donors (Lipinski definition) is 1. The third-order valence-electron chi connectivity index (χ3n) is 2.99. The summed E-state index contributed by atoms with van der Waals surface area (Å²) in [6, 6.07) is 0.125. The molecular formula is C10H17NO2. The van der Waals surface area contributed by atoms with Crippen molar-refractivity contribution in [2.75, 3.05) is 19.8 Å². The Balaban J connectivity index is 1.87. The highest BCUT2D eigenvalue weighted by molar-refractivity contribution is 5.86. The smallest absolute Gasteiger partial charge is 0.155 e. The number of ketones is 1. The molecule has 0 radical (unpaired) electrons. The second-order valence-electron chi connectivity index (χ2n) is 3.97. The van der Waals surface area contributed by atoms with Crippen LogP contribution in [0, 0.1) is 5.92 Å². The zero-order valence-corrected chi connectivity index (χ0v) is 7.92. The molecule has 2 saturated heterocycles. The lowest BCUT2D eigenvalue weighted by Crippen LogP contribution is -2.43. The van der Waals surface area contributed by atoms with Crippen molar-refractivity contribution in [3.63, 3.8) is 0 Å². The summed E-state index contributed by atoms with van der Waals surface area (Å²) in [6.07, 6.45) is 4.36. The first kappa shape index (κ1) is 9.16. The molecule has 2 aliphatic rings. The molecule has 0 saturated carbocycles. The highest BCUT2D eigenvalue weighted by Crippen LogP contribution is 2.18. The Bertz CT molecular complexity index is 181. The Hall–Kier alpha value is -0.410. The van der Waals surface area contributed by atoms with Crippen LogP contribution in [0.25, 0.3) is 0 Å². The molecule has 0 bridgehead atoms. The fourth-order valence-electron chi connectivity index (χ4n) is 2.14. The van der Waals surface area contributed by atoms with Gasteiger partial charge in [0.2, 0.25) is 0 Å². The zero-order chi connectivity index (χ0) is 9.10. The monoisotopic (exact) mass is 183 g/mol. The Morgan fingerprint density at radius 3 is 2.85 bits per heavy atom. The van der Waals surface area contributed by atoms with E-state index < -0.39 is 0 Å². The summed E-state index contributed by atoms with van der Waals surface area (Å²) in [7, 11) is 0. The second-order valence-corrected chi connectivity index (χ2v) is 3.97. The summed E-state index contributed by atoms with van der Waals surface area (Å²) < 4.78 is 5.22. The van der Waals surface area contributed by atoms with Crippen LogP contribution in [0.4, 0.5) is 0 Å². The van der Waals surface area contributed by atoms with Crippen LogP contribution in [0.5, 0.6) is 0 Å². The van der Waals surface area contributed by atoms with Crippen molar-refractivity contribution in [3.05, 3.63) is 0 Å². The van der Waals surface area contributed by atoms with E-state index in [1.165, 1.54) is 12.8 Å². The molecule has 2 atom stereocenters. The first-order valence-electron chi connectivity index (χ1n) is 5.23. The van der Waals surface area contributed by atoms with Gasteiger partial charge in [-0.2, -0.15) is 0 Å². The molecule has 2 rings (SSSR count). The average Bonchev–Trinajstić information content (AvgIpc) is 2.71. The van der Waals surface area contributed by atoms with Gasteiger partial charge in [-0.1, -0.05) is 6.42 Å². The third kappa shape index (κ3) is 2.09. The average molecular weight is 183 g/mol. The van der Waals surface area contributed by atoms with Gasteiger partial charge in [0.1, 0.15) is 0 Å². The zero-order valence-electron chi connectivity index (χ0n) is 7.92. The number of carbonyl (C=O) groups is 1. The van der Waals surface area contributed by atoms with E-state index in [1.54, 1.807) is 0 Å². The van der Waals surface area contributed by atoms with Crippen molar-refractivity contribution in [2.24, 2.45) is 5.92 Å². The minimum absolute atomic E-state index is 0.125. The lowest BCUT2D eigenvalue weighted by Gasteiger charge is -2.24. The van der Waals surface area contributed by atoms with E-state index in [4.69, 9.17) is 4.74 Å². The van der Waals surface area contributed by atoms with E-state index in [0.29, 0.717) is 12.4 Å². The van der Waals surface area contributed by atoms with E-state index in [0.717, 1.165) is 26.0 Å². The number of ether oxygens (including phenoxy) is 1. The van der Waals surface area contributed by atoms with Gasteiger partial charge in [-0.25, -0.2) is 0 Å². The second kappa shape index (κ2) is 4.20. The van der Waals surface area contributed by atoms with Crippen LogP contribution in [-0.4, -0.2) is 31.6 Å². The van der Waals surface area contributed by atoms with Crippen molar-refractivity contribution in [2.45, 2.75) is 31.7 Å². The number of nitrogens with one attached hydrogen (secondary N) is 1. The normalized spacial score (nSPS) is 34.8. The fourth-order valence-corrected chi connectivity index (χ4v) is 2.14. The van der Waals surface area contributed by atoms with E-state index in [1.807, 2.05) is 0 Å². The summed E-state index contributed by atoms with van der Waals surface area (Å²) in [5.74, 6) is 0.563. The van der Waals surface area contributed by atoms with E-state index >= 15 is 0 Å². The summed E-state index contributed by atoms with van der Waals surface area (Å²) in [5.41, 5.74) is 0. The van der Waals surface area contributed by atoms with Gasteiger partial charge < -0.3 is 10.1 Å². The topological polar surface area (TPSA) is 38.3 Å². The number of hydrogen-bond acceptors (Lipinski definition) is 3. The molecule has 2 aliphatic heterocycles. The van der Waals surface area contributed by atoms with Crippen LogP contribution < -0.4 is 5.32 Å². The van der Waals surface area contributed by atoms with Gasteiger partial charge in [-0.3, -0.25) is 4.79 Å². The number of piperidine rings is 1. The van der Waals surface area contributed by atoms with Crippen LogP contribution in [0.2, 0.25) is 0 Å². The van der Waals surface area contributed by atoms with Crippen molar-refractivity contribution >= 4 is 5.78 Å². The van der Waals surface area contributed by atoms with Crippen LogP contribution in [0.1, 0.15) is 25.7 Å². The first-order chi connectivity index (χ1) is 6.38. The van der Waals surface area contributed by atoms with Crippen LogP contribution >= 0.6 is 0 Å². The minimum Gasteiger partial charge on any atom is -0.381 e. The van der Waals surface area contributed by atoms with E-state index in [2.05, 4.69) is 5.32 Å². The molecule has 13 heavy (non-hydrogen) atoms. The predicted octanol–water partition coefficient (Wildman–Crippen LogP) is 0.734. The van der Waals surface area contributed by atoms with Crippen LogP contribution in [0.15, 0.2) is 0 Å². The maximum Gasteiger partial charge on any atom is 0.155 e. The largest absolute Gasteiger partial charge is 0.381 e. The van der Waals surface area contributed by atoms with Gasteiger partial charge in [0.15, 0.2) is 5.78 Å². The molecule has 0 spiro atoms. The SMILES string of the molecule is O=C(C1CCOC1)C1CCCCN1. The Kier molecular flexibility index (Phi) is 2.96. The highest BCUT2D eigenvalue weighted by atomic mass is 16.5. The van der Waals surface area contributed by atoms with E-state index in [-0.39, 0.29) is 12.0 Å². The fraction of sp³-hybridized carbons (Fsp3) is 0.900. The van der Waals surface area contributed by atoms with Gasteiger partial charge in [0.05, 0.1) is 12.6 Å². The summed E-state index contributed by atoms with van der Waals surface area (Å²) >= 11 is 0. The van der Waals surface area contributed by atoms with Crippen molar-refractivity contribution in [1.29, 1.82) is 0 Å². The lowest BCUT2D eigenvalue weighted by molar-refractivity contribution is -0.125. The summed E-state index contributed by atoms with van der Waals surface area (Å²) in [6.45, 7) is 2.42. The maximum absolute atomic E-state index is 11.9.